The maximum Gasteiger partial charge on any atom is 0.279 e. The molecule has 2 heterocycles. The van der Waals surface area contributed by atoms with Crippen molar-refractivity contribution in [1.82, 2.24) is 20.1 Å². The Bertz CT molecular complexity index is 1250. The summed E-state index contributed by atoms with van der Waals surface area (Å²) < 4.78 is 1.27. The monoisotopic (exact) mass is 399 g/mol. The minimum absolute atomic E-state index is 0.201. The third-order valence-electron chi connectivity index (χ3n) is 4.74. The van der Waals surface area contributed by atoms with Crippen molar-refractivity contribution in [2.24, 2.45) is 0 Å². The number of amides is 1. The second kappa shape index (κ2) is 8.16. The molecule has 0 saturated heterocycles. The quantitative estimate of drug-likeness (QED) is 0.558. The van der Waals surface area contributed by atoms with Crippen LogP contribution in [0.5, 0.6) is 0 Å². The van der Waals surface area contributed by atoms with E-state index in [-0.39, 0.29) is 17.2 Å². The molecule has 0 aliphatic heterocycles. The van der Waals surface area contributed by atoms with Crippen molar-refractivity contribution in [1.29, 1.82) is 0 Å². The Balaban J connectivity index is 1.68. The number of benzene rings is 2. The van der Waals surface area contributed by atoms with Gasteiger partial charge in [0.05, 0.1) is 11.1 Å². The van der Waals surface area contributed by atoms with E-state index in [1.165, 1.54) is 4.68 Å². The molecule has 1 N–H and O–H groups in total. The molecule has 7 nitrogen and oxygen atoms in total. The molecule has 0 radical (unpaired) electrons. The van der Waals surface area contributed by atoms with E-state index in [0.29, 0.717) is 23.0 Å². The molecule has 0 saturated carbocycles. The van der Waals surface area contributed by atoms with Crippen LogP contribution in [-0.4, -0.2) is 34.8 Å². The second-order valence-electron chi connectivity index (χ2n) is 7.05. The Kier molecular flexibility index (Phi) is 5.26. The van der Waals surface area contributed by atoms with Gasteiger partial charge in [0.1, 0.15) is 5.82 Å². The Labute approximate surface area is 173 Å². The van der Waals surface area contributed by atoms with Gasteiger partial charge in [0.25, 0.3) is 11.5 Å². The van der Waals surface area contributed by atoms with Crippen LogP contribution in [0.15, 0.2) is 77.7 Å². The standard InChI is InChI=1S/C23H21N5O2/c1-27(2)20-13-12-16(14-24-20)15-25-22(29)21-18-10-6-7-11-19(18)23(30)28(26-21)17-8-4-3-5-9-17/h3-14H,15H2,1-2H3,(H,25,29). The number of anilines is 1. The van der Waals surface area contributed by atoms with Crippen LogP contribution in [0.4, 0.5) is 5.82 Å². The third kappa shape index (κ3) is 3.77. The number of carbonyl (C=O) groups is 1. The number of aromatic nitrogens is 3. The van der Waals surface area contributed by atoms with Crippen LogP contribution in [0.25, 0.3) is 16.5 Å². The number of rotatable bonds is 5. The molecule has 0 atom stereocenters. The summed E-state index contributed by atoms with van der Waals surface area (Å²) in [4.78, 5) is 32.2. The first-order chi connectivity index (χ1) is 14.5. The lowest BCUT2D eigenvalue weighted by molar-refractivity contribution is 0.0946. The van der Waals surface area contributed by atoms with Crippen molar-refractivity contribution in [3.05, 3.63) is 94.5 Å². The van der Waals surface area contributed by atoms with E-state index in [1.54, 1.807) is 42.6 Å². The highest BCUT2D eigenvalue weighted by Crippen LogP contribution is 2.15. The van der Waals surface area contributed by atoms with Gasteiger partial charge in [0, 0.05) is 32.2 Å². The van der Waals surface area contributed by atoms with E-state index in [4.69, 9.17) is 0 Å². The number of para-hydroxylation sites is 1. The van der Waals surface area contributed by atoms with Gasteiger partial charge in [-0.25, -0.2) is 4.98 Å². The molecule has 0 spiro atoms. The van der Waals surface area contributed by atoms with E-state index in [1.807, 2.05) is 49.3 Å². The fraction of sp³-hybridized carbons (Fsp3) is 0.130. The normalized spacial score (nSPS) is 10.7. The summed E-state index contributed by atoms with van der Waals surface area (Å²) in [5.74, 6) is 0.486. The Morgan fingerprint density at radius 1 is 0.967 bits per heavy atom. The zero-order valence-electron chi connectivity index (χ0n) is 16.7. The lowest BCUT2D eigenvalue weighted by Gasteiger charge is -2.13. The average Bonchev–Trinajstić information content (AvgIpc) is 2.79. The van der Waals surface area contributed by atoms with Crippen molar-refractivity contribution in [3.63, 3.8) is 0 Å². The predicted molar refractivity (Wildman–Crippen MR) is 117 cm³/mol. The molecular formula is C23H21N5O2. The number of nitrogens with zero attached hydrogens (tertiary/aromatic N) is 4. The molecule has 4 rings (SSSR count). The van der Waals surface area contributed by atoms with Crippen LogP contribution in [0.3, 0.4) is 0 Å². The van der Waals surface area contributed by atoms with Crippen LogP contribution in [0, 0.1) is 0 Å². The van der Waals surface area contributed by atoms with Crippen LogP contribution in [0.1, 0.15) is 16.1 Å². The molecule has 2 aromatic heterocycles. The molecule has 4 aromatic rings. The van der Waals surface area contributed by atoms with Crippen LogP contribution in [-0.2, 0) is 6.54 Å². The summed E-state index contributed by atoms with van der Waals surface area (Å²) in [6, 6.07) is 19.9. The van der Waals surface area contributed by atoms with E-state index in [9.17, 15) is 9.59 Å². The Morgan fingerprint density at radius 3 is 2.33 bits per heavy atom. The molecule has 7 heteroatoms. The first-order valence-corrected chi connectivity index (χ1v) is 9.52. The van der Waals surface area contributed by atoms with Crippen LogP contribution < -0.4 is 15.8 Å². The van der Waals surface area contributed by atoms with Gasteiger partial charge in [0.15, 0.2) is 5.69 Å². The lowest BCUT2D eigenvalue weighted by Crippen LogP contribution is -2.29. The smallest absolute Gasteiger partial charge is 0.279 e. The molecule has 0 unspecified atom stereocenters. The number of pyridine rings is 1. The van der Waals surface area contributed by atoms with Crippen molar-refractivity contribution in [2.45, 2.75) is 6.54 Å². The van der Waals surface area contributed by atoms with E-state index in [2.05, 4.69) is 15.4 Å². The summed E-state index contributed by atoms with van der Waals surface area (Å²) in [5, 5.41) is 8.24. The van der Waals surface area contributed by atoms with Gasteiger partial charge in [-0.3, -0.25) is 9.59 Å². The predicted octanol–water partition coefficient (Wildman–Crippen LogP) is 2.78. The minimum Gasteiger partial charge on any atom is -0.363 e. The third-order valence-corrected chi connectivity index (χ3v) is 4.74. The topological polar surface area (TPSA) is 80.1 Å². The number of nitrogens with one attached hydrogen (secondary N) is 1. The molecule has 0 aliphatic rings. The lowest BCUT2D eigenvalue weighted by atomic mass is 10.1. The zero-order valence-corrected chi connectivity index (χ0v) is 16.7. The number of fused-ring (bicyclic) bond motifs is 1. The summed E-state index contributed by atoms with van der Waals surface area (Å²) >= 11 is 0. The van der Waals surface area contributed by atoms with Crippen LogP contribution >= 0.6 is 0 Å². The van der Waals surface area contributed by atoms with Crippen molar-refractivity contribution in [2.75, 3.05) is 19.0 Å². The molecule has 1 amide bonds. The summed E-state index contributed by atoms with van der Waals surface area (Å²) in [5.41, 5.74) is 1.41. The fourth-order valence-corrected chi connectivity index (χ4v) is 3.15. The van der Waals surface area contributed by atoms with Gasteiger partial charge < -0.3 is 10.2 Å². The van der Waals surface area contributed by atoms with Gasteiger partial charge >= 0.3 is 0 Å². The van der Waals surface area contributed by atoms with Crippen molar-refractivity contribution >= 4 is 22.5 Å². The van der Waals surface area contributed by atoms with Crippen LogP contribution in [0.2, 0.25) is 0 Å². The van der Waals surface area contributed by atoms with Gasteiger partial charge in [0.2, 0.25) is 0 Å². The number of hydrogen-bond donors (Lipinski definition) is 1. The largest absolute Gasteiger partial charge is 0.363 e. The molecule has 2 aromatic carbocycles. The van der Waals surface area contributed by atoms with Crippen molar-refractivity contribution in [3.8, 4) is 5.69 Å². The highest BCUT2D eigenvalue weighted by molar-refractivity contribution is 6.04. The molecule has 0 fully saturated rings. The SMILES string of the molecule is CN(C)c1ccc(CNC(=O)c2nn(-c3ccccc3)c(=O)c3ccccc23)cn1. The number of carbonyl (C=O) groups excluding carboxylic acids is 1. The maximum absolute atomic E-state index is 13.0. The Morgan fingerprint density at radius 2 is 1.67 bits per heavy atom. The summed E-state index contributed by atoms with van der Waals surface area (Å²) in [7, 11) is 3.84. The minimum atomic E-state index is -0.354. The fourth-order valence-electron chi connectivity index (χ4n) is 3.15. The highest BCUT2D eigenvalue weighted by atomic mass is 16.2. The zero-order chi connectivity index (χ0) is 21.1. The highest BCUT2D eigenvalue weighted by Gasteiger charge is 2.17. The molecular weight excluding hydrogens is 378 g/mol. The molecule has 150 valence electrons. The Hall–Kier alpha value is -4.00. The average molecular weight is 399 g/mol. The molecule has 0 aliphatic carbocycles. The summed E-state index contributed by atoms with van der Waals surface area (Å²) in [6.07, 6.45) is 1.73. The molecule has 30 heavy (non-hydrogen) atoms. The second-order valence-corrected chi connectivity index (χ2v) is 7.05. The van der Waals surface area contributed by atoms with Gasteiger partial charge in [-0.2, -0.15) is 9.78 Å². The van der Waals surface area contributed by atoms with Gasteiger partial charge in [-0.05, 0) is 29.8 Å². The van der Waals surface area contributed by atoms with Gasteiger partial charge in [-0.1, -0.05) is 42.5 Å². The van der Waals surface area contributed by atoms with E-state index < -0.39 is 0 Å². The maximum atomic E-state index is 13.0. The summed E-state index contributed by atoms with van der Waals surface area (Å²) in [6.45, 7) is 0.306. The van der Waals surface area contributed by atoms with Gasteiger partial charge in [-0.15, -0.1) is 0 Å². The van der Waals surface area contributed by atoms with Crippen molar-refractivity contribution < 1.29 is 4.79 Å². The first kappa shape index (κ1) is 19.3. The first-order valence-electron chi connectivity index (χ1n) is 9.52. The van der Waals surface area contributed by atoms with E-state index in [0.717, 1.165) is 11.4 Å². The molecule has 0 bridgehead atoms. The number of hydrogen-bond acceptors (Lipinski definition) is 5. The van der Waals surface area contributed by atoms with E-state index >= 15 is 0 Å².